The molecular weight excluding hydrogens is 269 g/mol. The molecule has 1 aromatic carbocycles. The second-order valence-electron chi connectivity index (χ2n) is 3.79. The predicted octanol–water partition coefficient (Wildman–Crippen LogP) is 2.91. The van der Waals surface area contributed by atoms with Crippen molar-refractivity contribution in [2.75, 3.05) is 6.54 Å². The van der Waals surface area contributed by atoms with Gasteiger partial charge in [0.2, 0.25) is 0 Å². The minimum atomic E-state index is -4.47. The summed E-state index contributed by atoms with van der Waals surface area (Å²) in [4.78, 5) is 11.5. The van der Waals surface area contributed by atoms with E-state index in [0.717, 1.165) is 18.2 Å². The number of nitrogens with zero attached hydrogens (tertiary/aromatic N) is 1. The number of alkyl halides is 3. The Kier molecular flexibility index (Phi) is 5.09. The molecule has 20 heavy (non-hydrogen) atoms. The predicted molar refractivity (Wildman–Crippen MR) is 68.2 cm³/mol. The molecule has 0 saturated carbocycles. The zero-order valence-corrected chi connectivity index (χ0v) is 10.4. The quantitative estimate of drug-likeness (QED) is 0.524. The zero-order valence-electron chi connectivity index (χ0n) is 10.4. The molecule has 6 heteroatoms. The maximum Gasteiger partial charge on any atom is 0.416 e. The molecule has 0 aliphatic carbocycles. The summed E-state index contributed by atoms with van der Waals surface area (Å²) < 4.78 is 37.6. The average molecular weight is 280 g/mol. The van der Waals surface area contributed by atoms with E-state index in [2.05, 4.69) is 11.9 Å². The molecule has 0 aliphatic rings. The molecule has 104 valence electrons. The summed E-state index contributed by atoms with van der Waals surface area (Å²) in [5.41, 5.74) is -0.980. The Morgan fingerprint density at radius 1 is 1.45 bits per heavy atom. The first-order chi connectivity index (χ1) is 9.38. The van der Waals surface area contributed by atoms with Crippen molar-refractivity contribution < 1.29 is 18.0 Å². The largest absolute Gasteiger partial charge is 0.416 e. The minimum absolute atomic E-state index is 0.130. The molecular formula is C14H11F3N2O. The lowest BCUT2D eigenvalue weighted by Gasteiger charge is -2.07. The first-order valence-corrected chi connectivity index (χ1v) is 5.56. The van der Waals surface area contributed by atoms with Crippen LogP contribution in [0.15, 0.2) is 42.5 Å². The van der Waals surface area contributed by atoms with Gasteiger partial charge in [-0.2, -0.15) is 18.4 Å². The lowest BCUT2D eigenvalue weighted by molar-refractivity contribution is -0.137. The number of rotatable bonds is 4. The average Bonchev–Trinajstić information content (AvgIpc) is 2.41. The van der Waals surface area contributed by atoms with Gasteiger partial charge in [0, 0.05) is 6.54 Å². The fourth-order valence-electron chi connectivity index (χ4n) is 1.38. The van der Waals surface area contributed by atoms with Crippen LogP contribution < -0.4 is 5.32 Å². The van der Waals surface area contributed by atoms with Crippen molar-refractivity contribution >= 4 is 12.0 Å². The van der Waals surface area contributed by atoms with E-state index in [-0.39, 0.29) is 17.7 Å². The van der Waals surface area contributed by atoms with E-state index in [1.54, 1.807) is 6.07 Å². The van der Waals surface area contributed by atoms with Crippen molar-refractivity contribution in [3.05, 3.63) is 53.6 Å². The van der Waals surface area contributed by atoms with Gasteiger partial charge in [-0.3, -0.25) is 4.79 Å². The third-order valence-corrected chi connectivity index (χ3v) is 2.30. The van der Waals surface area contributed by atoms with Gasteiger partial charge in [0.25, 0.3) is 5.91 Å². The molecule has 0 aromatic heterocycles. The van der Waals surface area contributed by atoms with Crippen LogP contribution in [0.3, 0.4) is 0 Å². The molecule has 0 aliphatic heterocycles. The molecule has 0 unspecified atom stereocenters. The molecule has 0 bridgehead atoms. The summed E-state index contributed by atoms with van der Waals surface area (Å²) in [6.07, 6.45) is -1.94. The van der Waals surface area contributed by atoms with E-state index in [4.69, 9.17) is 5.26 Å². The zero-order chi connectivity index (χ0) is 15.2. The number of amides is 1. The lowest BCUT2D eigenvalue weighted by Crippen LogP contribution is -2.24. The van der Waals surface area contributed by atoms with Gasteiger partial charge >= 0.3 is 6.18 Å². The molecule has 1 rings (SSSR count). The van der Waals surface area contributed by atoms with Crippen LogP contribution in [-0.2, 0) is 11.0 Å². The number of nitrogens with one attached hydrogen (secondary N) is 1. The first kappa shape index (κ1) is 15.5. The Morgan fingerprint density at radius 2 is 2.15 bits per heavy atom. The van der Waals surface area contributed by atoms with Gasteiger partial charge in [0.05, 0.1) is 5.56 Å². The Labute approximate surface area is 114 Å². The van der Waals surface area contributed by atoms with Gasteiger partial charge in [-0.25, -0.2) is 0 Å². The van der Waals surface area contributed by atoms with E-state index in [1.165, 1.54) is 18.2 Å². The molecule has 1 N–H and O–H groups in total. The molecule has 0 saturated heterocycles. The maximum absolute atomic E-state index is 12.5. The molecule has 0 heterocycles. The standard InChI is InChI=1S/C14H11F3N2O/c1-2-6-19-13(20)11(9-18)7-10-4-3-5-12(8-10)14(15,16)17/h2-5,7-8H,1,6H2,(H,19,20). The Morgan fingerprint density at radius 3 is 2.70 bits per heavy atom. The van der Waals surface area contributed by atoms with Crippen molar-refractivity contribution in [3.63, 3.8) is 0 Å². The number of carbonyl (C=O) groups is 1. The van der Waals surface area contributed by atoms with Gasteiger partial charge in [-0.15, -0.1) is 6.58 Å². The van der Waals surface area contributed by atoms with Crippen molar-refractivity contribution in [1.82, 2.24) is 5.32 Å². The monoisotopic (exact) mass is 280 g/mol. The van der Waals surface area contributed by atoms with E-state index in [9.17, 15) is 18.0 Å². The fraction of sp³-hybridized carbons (Fsp3) is 0.143. The van der Waals surface area contributed by atoms with Crippen LogP contribution in [0.5, 0.6) is 0 Å². The number of halogens is 3. The smallest absolute Gasteiger partial charge is 0.348 e. The fourth-order valence-corrected chi connectivity index (χ4v) is 1.38. The Balaban J connectivity index is 3.05. The van der Waals surface area contributed by atoms with E-state index in [1.807, 2.05) is 0 Å². The van der Waals surface area contributed by atoms with Crippen LogP contribution >= 0.6 is 0 Å². The van der Waals surface area contributed by atoms with Crippen LogP contribution in [0.1, 0.15) is 11.1 Å². The molecule has 3 nitrogen and oxygen atoms in total. The summed E-state index contributed by atoms with van der Waals surface area (Å²) in [6.45, 7) is 3.57. The van der Waals surface area contributed by atoms with Crippen molar-refractivity contribution in [2.24, 2.45) is 0 Å². The lowest BCUT2D eigenvalue weighted by atomic mass is 10.1. The second kappa shape index (κ2) is 6.57. The van der Waals surface area contributed by atoms with Crippen LogP contribution in [-0.4, -0.2) is 12.5 Å². The number of hydrogen-bond acceptors (Lipinski definition) is 2. The number of carbonyl (C=O) groups excluding carboxylic acids is 1. The molecule has 1 amide bonds. The van der Waals surface area contributed by atoms with Crippen LogP contribution in [0.25, 0.3) is 6.08 Å². The van der Waals surface area contributed by atoms with Crippen LogP contribution in [0, 0.1) is 11.3 Å². The van der Waals surface area contributed by atoms with E-state index in [0.29, 0.717) is 0 Å². The summed E-state index contributed by atoms with van der Waals surface area (Å²) >= 11 is 0. The van der Waals surface area contributed by atoms with Gasteiger partial charge in [0.1, 0.15) is 11.6 Å². The van der Waals surface area contributed by atoms with Crippen LogP contribution in [0.4, 0.5) is 13.2 Å². The summed E-state index contributed by atoms with van der Waals surface area (Å²) in [7, 11) is 0. The minimum Gasteiger partial charge on any atom is -0.348 e. The summed E-state index contributed by atoms with van der Waals surface area (Å²) in [6, 6.07) is 6.04. The molecule has 0 atom stereocenters. The molecule has 1 aromatic rings. The highest BCUT2D eigenvalue weighted by Crippen LogP contribution is 2.29. The highest BCUT2D eigenvalue weighted by Gasteiger charge is 2.30. The number of nitriles is 1. The normalized spacial score (nSPS) is 11.6. The maximum atomic E-state index is 12.5. The topological polar surface area (TPSA) is 52.9 Å². The number of hydrogen-bond donors (Lipinski definition) is 1. The van der Waals surface area contributed by atoms with Gasteiger partial charge in [0.15, 0.2) is 0 Å². The highest BCUT2D eigenvalue weighted by molar-refractivity contribution is 6.01. The summed E-state index contributed by atoms with van der Waals surface area (Å²) in [5.74, 6) is -0.662. The third kappa shape index (κ3) is 4.28. The summed E-state index contributed by atoms with van der Waals surface area (Å²) in [5, 5.41) is 11.2. The van der Waals surface area contributed by atoms with E-state index >= 15 is 0 Å². The van der Waals surface area contributed by atoms with Crippen molar-refractivity contribution in [3.8, 4) is 6.07 Å². The van der Waals surface area contributed by atoms with Gasteiger partial charge in [-0.05, 0) is 23.8 Å². The van der Waals surface area contributed by atoms with E-state index < -0.39 is 17.6 Å². The van der Waals surface area contributed by atoms with Crippen molar-refractivity contribution in [2.45, 2.75) is 6.18 Å². The Hall–Kier alpha value is -2.55. The molecule has 0 spiro atoms. The van der Waals surface area contributed by atoms with Crippen LogP contribution in [0.2, 0.25) is 0 Å². The third-order valence-electron chi connectivity index (χ3n) is 2.30. The van der Waals surface area contributed by atoms with Crippen molar-refractivity contribution in [1.29, 1.82) is 5.26 Å². The first-order valence-electron chi connectivity index (χ1n) is 5.56. The Bertz CT molecular complexity index is 583. The number of benzene rings is 1. The highest BCUT2D eigenvalue weighted by atomic mass is 19.4. The molecule has 0 fully saturated rings. The SMILES string of the molecule is C=CCNC(=O)C(C#N)=Cc1cccc(C(F)(F)F)c1. The second-order valence-corrected chi connectivity index (χ2v) is 3.79. The van der Waals surface area contributed by atoms with Gasteiger partial charge in [-0.1, -0.05) is 18.2 Å². The van der Waals surface area contributed by atoms with Gasteiger partial charge < -0.3 is 5.32 Å². The molecule has 0 radical (unpaired) electrons.